The lowest BCUT2D eigenvalue weighted by Crippen LogP contribution is -2.06. The molecule has 2 aromatic heterocycles. The normalized spacial score (nSPS) is 10.4. The number of hydrogen-bond acceptors (Lipinski definition) is 5. The van der Waals surface area contributed by atoms with Gasteiger partial charge >= 0.3 is 0 Å². The third kappa shape index (κ3) is 2.20. The zero-order valence-electron chi connectivity index (χ0n) is 10.3. The van der Waals surface area contributed by atoms with Crippen molar-refractivity contribution in [1.82, 2.24) is 19.7 Å². The van der Waals surface area contributed by atoms with Gasteiger partial charge in [0.25, 0.3) is 5.95 Å². The van der Waals surface area contributed by atoms with Gasteiger partial charge in [-0.15, -0.1) is 5.10 Å². The second-order valence-corrected chi connectivity index (χ2v) is 3.59. The molecule has 0 atom stereocenters. The van der Waals surface area contributed by atoms with Gasteiger partial charge in [0, 0.05) is 23.5 Å². The molecule has 0 N–H and O–H groups in total. The van der Waals surface area contributed by atoms with Crippen molar-refractivity contribution in [2.45, 2.75) is 13.8 Å². The lowest BCUT2D eigenvalue weighted by atomic mass is 10.4. The summed E-state index contributed by atoms with van der Waals surface area (Å²) in [6, 6.07) is 3.58. The van der Waals surface area contributed by atoms with E-state index in [0.717, 1.165) is 11.4 Å². The average molecular weight is 234 g/mol. The molecule has 6 heteroatoms. The summed E-state index contributed by atoms with van der Waals surface area (Å²) in [6.07, 6.45) is 0. The van der Waals surface area contributed by atoms with Gasteiger partial charge in [-0.1, -0.05) is 0 Å². The van der Waals surface area contributed by atoms with Gasteiger partial charge in [-0.05, 0) is 13.8 Å². The minimum absolute atomic E-state index is 0.475. The molecule has 0 aromatic carbocycles. The highest BCUT2D eigenvalue weighted by atomic mass is 16.5. The summed E-state index contributed by atoms with van der Waals surface area (Å²) in [4.78, 5) is 8.56. The Morgan fingerprint density at radius 2 is 1.71 bits per heavy atom. The fourth-order valence-electron chi connectivity index (χ4n) is 1.47. The lowest BCUT2D eigenvalue weighted by Gasteiger charge is -2.05. The van der Waals surface area contributed by atoms with E-state index in [4.69, 9.17) is 9.47 Å². The Morgan fingerprint density at radius 1 is 1.00 bits per heavy atom. The van der Waals surface area contributed by atoms with Crippen LogP contribution in [-0.4, -0.2) is 34.0 Å². The van der Waals surface area contributed by atoms with Gasteiger partial charge in [0.05, 0.1) is 14.2 Å². The van der Waals surface area contributed by atoms with Crippen molar-refractivity contribution in [2.24, 2.45) is 0 Å². The van der Waals surface area contributed by atoms with Crippen LogP contribution in [0.25, 0.3) is 5.95 Å². The van der Waals surface area contributed by atoms with Crippen LogP contribution in [0, 0.1) is 13.8 Å². The van der Waals surface area contributed by atoms with Gasteiger partial charge < -0.3 is 9.47 Å². The zero-order chi connectivity index (χ0) is 12.4. The second kappa shape index (κ2) is 4.40. The Hall–Kier alpha value is -2.11. The molecule has 17 heavy (non-hydrogen) atoms. The topological polar surface area (TPSA) is 62.1 Å². The minimum atomic E-state index is 0.475. The summed E-state index contributed by atoms with van der Waals surface area (Å²) in [5, 5.41) is 4.23. The maximum absolute atomic E-state index is 5.11. The van der Waals surface area contributed by atoms with Gasteiger partial charge in [-0.3, -0.25) is 0 Å². The molecule has 2 aromatic rings. The fraction of sp³-hybridized carbons (Fsp3) is 0.364. The van der Waals surface area contributed by atoms with Crippen LogP contribution in [-0.2, 0) is 0 Å². The monoisotopic (exact) mass is 234 g/mol. The number of aryl methyl sites for hydroxylation is 2. The maximum atomic E-state index is 5.11. The van der Waals surface area contributed by atoms with E-state index in [0.29, 0.717) is 17.7 Å². The van der Waals surface area contributed by atoms with Crippen LogP contribution in [0.4, 0.5) is 0 Å². The van der Waals surface area contributed by atoms with Crippen LogP contribution in [0.5, 0.6) is 11.8 Å². The van der Waals surface area contributed by atoms with E-state index in [1.165, 1.54) is 0 Å². The highest BCUT2D eigenvalue weighted by Crippen LogP contribution is 2.16. The molecule has 0 aliphatic carbocycles. The van der Waals surface area contributed by atoms with Crippen molar-refractivity contribution in [3.63, 3.8) is 0 Å². The van der Waals surface area contributed by atoms with Crippen molar-refractivity contribution in [3.05, 3.63) is 23.5 Å². The summed E-state index contributed by atoms with van der Waals surface area (Å²) in [5.41, 5.74) is 1.72. The molecule has 0 saturated heterocycles. The van der Waals surface area contributed by atoms with Gasteiger partial charge in [0.2, 0.25) is 11.8 Å². The average Bonchev–Trinajstić information content (AvgIpc) is 2.69. The van der Waals surface area contributed by atoms with Crippen LogP contribution >= 0.6 is 0 Å². The third-order valence-corrected chi connectivity index (χ3v) is 2.29. The van der Waals surface area contributed by atoms with E-state index in [2.05, 4.69) is 15.1 Å². The van der Waals surface area contributed by atoms with Crippen LogP contribution < -0.4 is 9.47 Å². The Kier molecular flexibility index (Phi) is 2.95. The molecule has 2 heterocycles. The van der Waals surface area contributed by atoms with E-state index in [1.54, 1.807) is 25.0 Å². The molecule has 90 valence electrons. The molecule has 0 unspecified atom stereocenters. The first kappa shape index (κ1) is 11.4. The first-order chi connectivity index (χ1) is 8.13. The molecule has 0 radical (unpaired) electrons. The highest BCUT2D eigenvalue weighted by molar-refractivity contribution is 5.26. The molecular formula is C11H14N4O2. The molecule has 0 fully saturated rings. The Labute approximate surface area is 99.2 Å². The summed E-state index contributed by atoms with van der Waals surface area (Å²) in [7, 11) is 3.14. The fourth-order valence-corrected chi connectivity index (χ4v) is 1.47. The predicted molar refractivity (Wildman–Crippen MR) is 61.7 cm³/mol. The SMILES string of the molecule is COc1cc(C)nc(-n2nc(OC)cc2C)n1. The van der Waals surface area contributed by atoms with Crippen LogP contribution in [0.3, 0.4) is 0 Å². The van der Waals surface area contributed by atoms with E-state index in [1.807, 2.05) is 19.9 Å². The molecule has 0 aliphatic rings. The van der Waals surface area contributed by atoms with Crippen LogP contribution in [0.1, 0.15) is 11.4 Å². The third-order valence-electron chi connectivity index (χ3n) is 2.29. The quantitative estimate of drug-likeness (QED) is 0.801. The van der Waals surface area contributed by atoms with E-state index in [-0.39, 0.29) is 0 Å². The zero-order valence-corrected chi connectivity index (χ0v) is 10.3. The molecule has 0 spiro atoms. The standard InChI is InChI=1S/C11H14N4O2/c1-7-5-9(16-3)13-11(12-7)15-8(2)6-10(14-15)17-4/h5-6H,1-4H3. The smallest absolute Gasteiger partial charge is 0.254 e. The number of hydrogen-bond donors (Lipinski definition) is 0. The molecular weight excluding hydrogens is 220 g/mol. The van der Waals surface area contributed by atoms with Crippen molar-refractivity contribution in [2.75, 3.05) is 14.2 Å². The van der Waals surface area contributed by atoms with Gasteiger partial charge in [-0.25, -0.2) is 4.98 Å². The van der Waals surface area contributed by atoms with Crippen molar-refractivity contribution >= 4 is 0 Å². The summed E-state index contributed by atoms with van der Waals surface area (Å²) in [5.74, 6) is 1.52. The number of aromatic nitrogens is 4. The summed E-state index contributed by atoms with van der Waals surface area (Å²) < 4.78 is 11.8. The van der Waals surface area contributed by atoms with E-state index in [9.17, 15) is 0 Å². The number of nitrogens with zero attached hydrogens (tertiary/aromatic N) is 4. The van der Waals surface area contributed by atoms with E-state index >= 15 is 0 Å². The Bertz CT molecular complexity index is 536. The summed E-state index contributed by atoms with van der Waals surface area (Å²) in [6.45, 7) is 3.79. The Morgan fingerprint density at radius 3 is 2.29 bits per heavy atom. The largest absolute Gasteiger partial charge is 0.481 e. The molecule has 2 rings (SSSR count). The molecule has 0 saturated carbocycles. The van der Waals surface area contributed by atoms with Crippen molar-refractivity contribution in [3.8, 4) is 17.7 Å². The summed E-state index contributed by atoms with van der Waals surface area (Å²) >= 11 is 0. The first-order valence-corrected chi connectivity index (χ1v) is 5.14. The molecule has 0 bridgehead atoms. The maximum Gasteiger partial charge on any atom is 0.254 e. The molecule has 0 aliphatic heterocycles. The number of rotatable bonds is 3. The van der Waals surface area contributed by atoms with Gasteiger partial charge in [0.15, 0.2) is 0 Å². The second-order valence-electron chi connectivity index (χ2n) is 3.59. The molecule has 6 nitrogen and oxygen atoms in total. The predicted octanol–water partition coefficient (Wildman–Crippen LogP) is 1.30. The number of ether oxygens (including phenoxy) is 2. The lowest BCUT2D eigenvalue weighted by molar-refractivity contribution is 0.389. The first-order valence-electron chi connectivity index (χ1n) is 5.14. The van der Waals surface area contributed by atoms with Gasteiger partial charge in [-0.2, -0.15) is 9.67 Å². The van der Waals surface area contributed by atoms with E-state index < -0.39 is 0 Å². The van der Waals surface area contributed by atoms with Crippen LogP contribution in [0.2, 0.25) is 0 Å². The van der Waals surface area contributed by atoms with Crippen molar-refractivity contribution in [1.29, 1.82) is 0 Å². The highest BCUT2D eigenvalue weighted by Gasteiger charge is 2.10. The minimum Gasteiger partial charge on any atom is -0.481 e. The van der Waals surface area contributed by atoms with Gasteiger partial charge in [0.1, 0.15) is 0 Å². The molecule has 0 amide bonds. The van der Waals surface area contributed by atoms with Crippen molar-refractivity contribution < 1.29 is 9.47 Å². The Balaban J connectivity index is 2.51. The number of methoxy groups -OCH3 is 2. The van der Waals surface area contributed by atoms with Crippen LogP contribution in [0.15, 0.2) is 12.1 Å².